The zero-order valence-corrected chi connectivity index (χ0v) is 25.3. The van der Waals surface area contributed by atoms with E-state index in [-0.39, 0.29) is 36.2 Å². The number of ether oxygens (including phenoxy) is 2. The first-order valence-electron chi connectivity index (χ1n) is 13.5. The summed E-state index contributed by atoms with van der Waals surface area (Å²) >= 11 is 6.05. The molecule has 2 aromatic rings. The van der Waals surface area contributed by atoms with Crippen LogP contribution in [0.3, 0.4) is 0 Å². The Balaban J connectivity index is 1.85. The normalized spacial score (nSPS) is 18.0. The van der Waals surface area contributed by atoms with Crippen LogP contribution in [0.2, 0.25) is 5.02 Å². The molecule has 2 heterocycles. The van der Waals surface area contributed by atoms with Gasteiger partial charge in [-0.1, -0.05) is 42.7 Å². The fraction of sp³-hybridized carbons (Fsp3) is 0.552. The first kappa shape index (κ1) is 32.1. The van der Waals surface area contributed by atoms with Crippen molar-refractivity contribution in [2.45, 2.75) is 90.6 Å². The maximum Gasteiger partial charge on any atom is 0.412 e. The van der Waals surface area contributed by atoms with E-state index in [2.05, 4.69) is 20.3 Å². The van der Waals surface area contributed by atoms with Gasteiger partial charge in [-0.15, -0.1) is 0 Å². The molecule has 1 aromatic carbocycles. The number of halogens is 2. The minimum Gasteiger partial charge on any atom is -0.444 e. The van der Waals surface area contributed by atoms with Crippen molar-refractivity contribution in [1.29, 1.82) is 0 Å². The molecule has 3 rings (SSSR count). The molecule has 1 N–H and O–H groups in total. The summed E-state index contributed by atoms with van der Waals surface area (Å²) in [4.78, 5) is 34.9. The van der Waals surface area contributed by atoms with E-state index in [9.17, 15) is 15.1 Å². The number of hydrogen-bond donors (Lipinski definition) is 1. The zero-order valence-electron chi connectivity index (χ0n) is 24.5. The van der Waals surface area contributed by atoms with Gasteiger partial charge in [0, 0.05) is 21.4 Å². The monoisotopic (exact) mass is 588 g/mol. The number of nitrogens with one attached hydrogen (secondary N) is 1. The molecule has 0 saturated carbocycles. The molecule has 41 heavy (non-hydrogen) atoms. The van der Waals surface area contributed by atoms with E-state index in [1.54, 1.807) is 58.9 Å². The highest BCUT2D eigenvalue weighted by Gasteiger charge is 2.45. The van der Waals surface area contributed by atoms with E-state index in [1.165, 1.54) is 11.1 Å². The SMILES string of the molecule is CC(C)[C@H](c1ccc(Cl)cc1)[C@H](N=[N+]=[N-])C(=O)Nc1cncc(F)c1CC[C@H]1COC(C)(C)N1C(=O)OC(C)(C)C. The van der Waals surface area contributed by atoms with Gasteiger partial charge in [-0.05, 0) is 76.6 Å². The second kappa shape index (κ2) is 13.1. The molecule has 0 unspecified atom stereocenters. The van der Waals surface area contributed by atoms with Crippen molar-refractivity contribution in [2.75, 3.05) is 11.9 Å². The quantitative estimate of drug-likeness (QED) is 0.187. The summed E-state index contributed by atoms with van der Waals surface area (Å²) in [6, 6.07) is 5.49. The van der Waals surface area contributed by atoms with Crippen LogP contribution >= 0.6 is 11.6 Å². The number of pyridine rings is 1. The van der Waals surface area contributed by atoms with Crippen LogP contribution < -0.4 is 5.32 Å². The summed E-state index contributed by atoms with van der Waals surface area (Å²) in [6.07, 6.45) is 2.42. The lowest BCUT2D eigenvalue weighted by molar-refractivity contribution is -0.118. The van der Waals surface area contributed by atoms with Crippen molar-refractivity contribution >= 4 is 29.3 Å². The predicted molar refractivity (Wildman–Crippen MR) is 155 cm³/mol. The summed E-state index contributed by atoms with van der Waals surface area (Å²) in [5, 5.41) is 7.10. The molecule has 12 heteroatoms. The van der Waals surface area contributed by atoms with E-state index in [1.807, 2.05) is 13.8 Å². The second-order valence-corrected chi connectivity index (χ2v) is 12.3. The Bertz CT molecular complexity index is 1290. The van der Waals surface area contributed by atoms with Crippen LogP contribution in [0, 0.1) is 11.7 Å². The fourth-order valence-corrected chi connectivity index (χ4v) is 5.20. The summed E-state index contributed by atoms with van der Waals surface area (Å²) in [5.41, 5.74) is 8.84. The van der Waals surface area contributed by atoms with Crippen molar-refractivity contribution in [3.05, 3.63) is 69.1 Å². The molecule has 3 atom stereocenters. The first-order valence-corrected chi connectivity index (χ1v) is 13.9. The average molecular weight is 589 g/mol. The third-order valence-corrected chi connectivity index (χ3v) is 7.16. The van der Waals surface area contributed by atoms with Gasteiger partial charge in [-0.2, -0.15) is 0 Å². The van der Waals surface area contributed by atoms with Crippen molar-refractivity contribution < 1.29 is 23.5 Å². The standard InChI is InChI=1S/C29H38ClFN6O4/c1-17(2)24(18-8-10-19(30)11-9-18)25(35-36-32)26(38)34-23-15-33-14-22(31)21(23)13-12-20-16-40-29(6,7)37(20)27(39)41-28(3,4)5/h8-11,14-15,17,20,24-25H,12-13,16H2,1-7H3,(H,34,38)/t20-,24+,25-/m0/s1. The first-order chi connectivity index (χ1) is 19.1. The fourth-order valence-electron chi connectivity index (χ4n) is 5.08. The molecule has 0 spiro atoms. The van der Waals surface area contributed by atoms with Gasteiger partial charge in [-0.25, -0.2) is 9.18 Å². The molecule has 1 saturated heterocycles. The van der Waals surface area contributed by atoms with Crippen LogP contribution in [0.15, 0.2) is 41.8 Å². The minimum absolute atomic E-state index is 0.0768. The number of nitrogens with zero attached hydrogens (tertiary/aromatic N) is 5. The Morgan fingerprint density at radius 1 is 1.29 bits per heavy atom. The van der Waals surface area contributed by atoms with Gasteiger partial charge in [-0.3, -0.25) is 14.7 Å². The number of aromatic nitrogens is 1. The predicted octanol–water partition coefficient (Wildman–Crippen LogP) is 7.24. The smallest absolute Gasteiger partial charge is 0.412 e. The highest BCUT2D eigenvalue weighted by molar-refractivity contribution is 6.30. The molecule has 2 amide bonds. The second-order valence-electron chi connectivity index (χ2n) is 11.9. The van der Waals surface area contributed by atoms with Gasteiger partial charge in [0.15, 0.2) is 0 Å². The summed E-state index contributed by atoms with van der Waals surface area (Å²) in [5.74, 6) is -1.74. The highest BCUT2D eigenvalue weighted by Crippen LogP contribution is 2.34. The van der Waals surface area contributed by atoms with Crippen LogP contribution in [-0.4, -0.2) is 51.9 Å². The molecule has 0 radical (unpaired) electrons. The Morgan fingerprint density at radius 3 is 2.54 bits per heavy atom. The zero-order chi connectivity index (χ0) is 30.5. The average Bonchev–Trinajstić information content (AvgIpc) is 3.17. The minimum atomic E-state index is -1.12. The Kier molecular flexibility index (Phi) is 10.2. The number of anilines is 1. The molecule has 222 valence electrons. The maximum absolute atomic E-state index is 15.1. The van der Waals surface area contributed by atoms with Crippen molar-refractivity contribution in [2.24, 2.45) is 11.0 Å². The molecular formula is C29H38ClFN6O4. The molecule has 10 nitrogen and oxygen atoms in total. The molecule has 1 fully saturated rings. The van der Waals surface area contributed by atoms with Crippen LogP contribution in [0.4, 0.5) is 14.9 Å². The molecular weight excluding hydrogens is 551 g/mol. The van der Waals surface area contributed by atoms with Crippen molar-refractivity contribution in [3.63, 3.8) is 0 Å². The lowest BCUT2D eigenvalue weighted by atomic mass is 9.82. The Labute approximate surface area is 245 Å². The van der Waals surface area contributed by atoms with Gasteiger partial charge < -0.3 is 14.8 Å². The van der Waals surface area contributed by atoms with Crippen LogP contribution in [0.1, 0.15) is 71.9 Å². The van der Waals surface area contributed by atoms with Crippen LogP contribution in [0.5, 0.6) is 0 Å². The van der Waals surface area contributed by atoms with E-state index in [0.717, 1.165) is 11.8 Å². The van der Waals surface area contributed by atoms with E-state index in [0.29, 0.717) is 11.4 Å². The van der Waals surface area contributed by atoms with Gasteiger partial charge in [0.25, 0.3) is 0 Å². The van der Waals surface area contributed by atoms with E-state index >= 15 is 4.39 Å². The summed E-state index contributed by atoms with van der Waals surface area (Å²) in [7, 11) is 0. The number of hydrogen-bond acceptors (Lipinski definition) is 6. The number of azide groups is 1. The number of carbonyl (C=O) groups excluding carboxylic acids is 2. The number of amides is 2. The van der Waals surface area contributed by atoms with Crippen LogP contribution in [0.25, 0.3) is 10.4 Å². The topological polar surface area (TPSA) is 130 Å². The molecule has 0 bridgehead atoms. The number of rotatable bonds is 9. The molecule has 0 aliphatic carbocycles. The van der Waals surface area contributed by atoms with E-state index in [4.69, 9.17) is 21.1 Å². The molecule has 1 aromatic heterocycles. The third-order valence-electron chi connectivity index (χ3n) is 6.91. The van der Waals surface area contributed by atoms with Crippen molar-refractivity contribution in [3.8, 4) is 0 Å². The summed E-state index contributed by atoms with van der Waals surface area (Å²) in [6.45, 7) is 13.0. The lowest BCUT2D eigenvalue weighted by Gasteiger charge is -2.35. The maximum atomic E-state index is 15.1. The molecule has 1 aliphatic heterocycles. The van der Waals surface area contributed by atoms with Crippen LogP contribution in [-0.2, 0) is 20.7 Å². The van der Waals surface area contributed by atoms with Gasteiger partial charge >= 0.3 is 6.09 Å². The molecule has 1 aliphatic rings. The Morgan fingerprint density at radius 2 is 1.95 bits per heavy atom. The van der Waals surface area contributed by atoms with E-state index < -0.39 is 41.1 Å². The Hall–Kier alpha value is -3.40. The number of benzene rings is 1. The number of carbonyl (C=O) groups is 2. The highest BCUT2D eigenvalue weighted by atomic mass is 35.5. The van der Waals surface area contributed by atoms with Gasteiger partial charge in [0.2, 0.25) is 5.91 Å². The third kappa shape index (κ3) is 8.09. The summed E-state index contributed by atoms with van der Waals surface area (Å²) < 4.78 is 26.6. The largest absolute Gasteiger partial charge is 0.444 e. The van der Waals surface area contributed by atoms with Gasteiger partial charge in [0.05, 0.1) is 30.7 Å². The lowest BCUT2D eigenvalue weighted by Crippen LogP contribution is -2.50. The van der Waals surface area contributed by atoms with Gasteiger partial charge in [0.1, 0.15) is 23.2 Å². The van der Waals surface area contributed by atoms with Crippen molar-refractivity contribution in [1.82, 2.24) is 9.88 Å².